The van der Waals surface area contributed by atoms with E-state index in [1.165, 1.54) is 30.4 Å². The zero-order valence-electron chi connectivity index (χ0n) is 18.2. The Hall–Kier alpha value is -3.68. The summed E-state index contributed by atoms with van der Waals surface area (Å²) in [6, 6.07) is 11.4. The molecule has 33 heavy (non-hydrogen) atoms. The van der Waals surface area contributed by atoms with Crippen LogP contribution in [0.5, 0.6) is 11.5 Å². The molecule has 2 N–H and O–H groups in total. The Labute approximate surface area is 191 Å². The first-order valence-electron chi connectivity index (χ1n) is 10.7. The van der Waals surface area contributed by atoms with Crippen LogP contribution in [0.3, 0.4) is 0 Å². The van der Waals surface area contributed by atoms with Gasteiger partial charge < -0.3 is 20.1 Å². The topological polar surface area (TPSA) is 76.7 Å². The van der Waals surface area contributed by atoms with Gasteiger partial charge in [0.15, 0.2) is 11.5 Å². The lowest BCUT2D eigenvalue weighted by Crippen LogP contribution is -2.17. The summed E-state index contributed by atoms with van der Waals surface area (Å²) < 4.78 is 34.9. The van der Waals surface area contributed by atoms with Crippen LogP contribution in [0, 0.1) is 5.92 Å². The van der Waals surface area contributed by atoms with Crippen LogP contribution in [-0.2, 0) is 9.59 Å². The highest BCUT2D eigenvalue weighted by atomic mass is 19.3. The third-order valence-corrected chi connectivity index (χ3v) is 4.93. The van der Waals surface area contributed by atoms with Crippen LogP contribution < -0.4 is 20.1 Å². The molecule has 0 spiro atoms. The van der Waals surface area contributed by atoms with Crippen LogP contribution in [0.2, 0.25) is 0 Å². The van der Waals surface area contributed by atoms with Crippen LogP contribution in [0.4, 0.5) is 20.2 Å². The van der Waals surface area contributed by atoms with E-state index in [-0.39, 0.29) is 29.9 Å². The van der Waals surface area contributed by atoms with E-state index in [0.717, 1.165) is 12.8 Å². The molecule has 8 heteroatoms. The normalized spacial score (nSPS) is 15.1. The molecule has 3 rings (SSSR count). The number of para-hydroxylation sites is 2. The SMILES string of the molecule is CCOc1cc(C=CC(=O)Nc2ccccc2NC(=O)CC2C=CCC2)ccc1OC(F)F. The van der Waals surface area contributed by atoms with Crippen LogP contribution in [0.25, 0.3) is 6.08 Å². The number of nitrogens with one attached hydrogen (secondary N) is 2. The van der Waals surface area contributed by atoms with Crippen molar-refractivity contribution in [2.75, 3.05) is 17.2 Å². The molecular formula is C25H26F2N2O4. The first-order valence-corrected chi connectivity index (χ1v) is 10.7. The maximum Gasteiger partial charge on any atom is 0.387 e. The van der Waals surface area contributed by atoms with E-state index in [0.29, 0.717) is 23.4 Å². The van der Waals surface area contributed by atoms with Gasteiger partial charge in [-0.25, -0.2) is 0 Å². The number of hydrogen-bond acceptors (Lipinski definition) is 4. The number of ether oxygens (including phenoxy) is 2. The standard InChI is InChI=1S/C25H26F2N2O4/c1-2-32-22-15-18(11-13-21(22)33-25(26)27)12-14-23(30)28-19-9-5-6-10-20(19)29-24(31)16-17-7-3-4-8-17/h3,5-7,9-15,17,25H,2,4,8,16H2,1H3,(H,28,30)(H,29,31). The van der Waals surface area contributed by atoms with Crippen LogP contribution in [-0.4, -0.2) is 25.0 Å². The maximum absolute atomic E-state index is 12.5. The molecule has 0 bridgehead atoms. The van der Waals surface area contributed by atoms with Gasteiger partial charge in [0.05, 0.1) is 18.0 Å². The molecule has 1 aliphatic carbocycles. The van der Waals surface area contributed by atoms with Crippen molar-refractivity contribution >= 4 is 29.3 Å². The fourth-order valence-electron chi connectivity index (χ4n) is 3.44. The van der Waals surface area contributed by atoms with E-state index in [9.17, 15) is 18.4 Å². The van der Waals surface area contributed by atoms with Crippen molar-refractivity contribution in [1.82, 2.24) is 0 Å². The van der Waals surface area contributed by atoms with Crippen molar-refractivity contribution in [2.24, 2.45) is 5.92 Å². The van der Waals surface area contributed by atoms with Gasteiger partial charge in [0.2, 0.25) is 11.8 Å². The molecule has 1 unspecified atom stereocenters. The van der Waals surface area contributed by atoms with Crippen LogP contribution in [0.15, 0.2) is 60.7 Å². The summed E-state index contributed by atoms with van der Waals surface area (Å²) in [6.07, 6.45) is 9.32. The Morgan fingerprint density at radius 3 is 2.55 bits per heavy atom. The summed E-state index contributed by atoms with van der Waals surface area (Å²) in [7, 11) is 0. The summed E-state index contributed by atoms with van der Waals surface area (Å²) in [5.74, 6) is -0.204. The highest BCUT2D eigenvalue weighted by Gasteiger charge is 2.15. The quantitative estimate of drug-likeness (QED) is 0.359. The molecule has 0 aliphatic heterocycles. The fourth-order valence-corrected chi connectivity index (χ4v) is 3.44. The number of alkyl halides is 2. The molecule has 2 aromatic rings. The third kappa shape index (κ3) is 7.45. The first kappa shape index (κ1) is 24.0. The molecule has 1 aliphatic rings. The number of hydrogen-bond donors (Lipinski definition) is 2. The number of carbonyl (C=O) groups excluding carboxylic acids is 2. The number of benzene rings is 2. The molecule has 0 fully saturated rings. The van der Waals surface area contributed by atoms with Gasteiger partial charge in [-0.1, -0.05) is 30.4 Å². The Morgan fingerprint density at radius 2 is 1.88 bits per heavy atom. The van der Waals surface area contributed by atoms with E-state index in [4.69, 9.17) is 4.74 Å². The molecule has 6 nitrogen and oxygen atoms in total. The van der Waals surface area contributed by atoms with Gasteiger partial charge in [-0.15, -0.1) is 0 Å². The van der Waals surface area contributed by atoms with Crippen molar-refractivity contribution in [1.29, 1.82) is 0 Å². The monoisotopic (exact) mass is 456 g/mol. The number of allylic oxidation sites excluding steroid dienone is 2. The molecule has 0 radical (unpaired) electrons. The zero-order chi connectivity index (χ0) is 23.6. The maximum atomic E-state index is 12.5. The van der Waals surface area contributed by atoms with Crippen molar-refractivity contribution in [3.8, 4) is 11.5 Å². The van der Waals surface area contributed by atoms with Crippen molar-refractivity contribution in [3.63, 3.8) is 0 Å². The number of carbonyl (C=O) groups is 2. The van der Waals surface area contributed by atoms with E-state index in [1.54, 1.807) is 31.2 Å². The van der Waals surface area contributed by atoms with Gasteiger partial charge >= 0.3 is 6.61 Å². The Balaban J connectivity index is 1.64. The average molecular weight is 456 g/mol. The first-order chi connectivity index (χ1) is 15.9. The lowest BCUT2D eigenvalue weighted by Gasteiger charge is -2.13. The van der Waals surface area contributed by atoms with Crippen molar-refractivity contribution in [3.05, 3.63) is 66.3 Å². The minimum atomic E-state index is -2.97. The van der Waals surface area contributed by atoms with E-state index >= 15 is 0 Å². The molecule has 174 valence electrons. The van der Waals surface area contributed by atoms with Crippen molar-refractivity contribution in [2.45, 2.75) is 32.8 Å². The molecule has 0 heterocycles. The second-order valence-electron chi connectivity index (χ2n) is 7.40. The highest BCUT2D eigenvalue weighted by molar-refractivity contribution is 6.05. The predicted octanol–water partition coefficient (Wildman–Crippen LogP) is 5.63. The van der Waals surface area contributed by atoms with Gasteiger partial charge in [-0.3, -0.25) is 9.59 Å². The Kier molecular flexibility index (Phi) is 8.57. The summed E-state index contributed by atoms with van der Waals surface area (Å²) in [6.45, 7) is -0.971. The lowest BCUT2D eigenvalue weighted by molar-refractivity contribution is -0.117. The fraction of sp³-hybridized carbons (Fsp3) is 0.280. The zero-order valence-corrected chi connectivity index (χ0v) is 18.2. The predicted molar refractivity (Wildman–Crippen MR) is 123 cm³/mol. The molecule has 0 aromatic heterocycles. The Morgan fingerprint density at radius 1 is 1.12 bits per heavy atom. The molecular weight excluding hydrogens is 430 g/mol. The largest absolute Gasteiger partial charge is 0.490 e. The molecule has 1 atom stereocenters. The number of halogens is 2. The molecule has 2 amide bonds. The Bertz CT molecular complexity index is 1040. The number of rotatable bonds is 10. The molecule has 0 saturated carbocycles. The summed E-state index contributed by atoms with van der Waals surface area (Å²) in [5.41, 5.74) is 1.55. The summed E-state index contributed by atoms with van der Waals surface area (Å²) in [5, 5.41) is 5.60. The van der Waals surface area contributed by atoms with E-state index < -0.39 is 12.5 Å². The highest BCUT2D eigenvalue weighted by Crippen LogP contribution is 2.30. The minimum absolute atomic E-state index is 0.0776. The number of anilines is 2. The van der Waals surface area contributed by atoms with Crippen LogP contribution in [0.1, 0.15) is 31.7 Å². The van der Waals surface area contributed by atoms with Crippen LogP contribution >= 0.6 is 0 Å². The third-order valence-electron chi connectivity index (χ3n) is 4.93. The molecule has 2 aromatic carbocycles. The average Bonchev–Trinajstić information content (AvgIpc) is 3.28. The van der Waals surface area contributed by atoms with E-state index in [1.807, 2.05) is 0 Å². The summed E-state index contributed by atoms with van der Waals surface area (Å²) >= 11 is 0. The minimum Gasteiger partial charge on any atom is -0.490 e. The van der Waals surface area contributed by atoms with E-state index in [2.05, 4.69) is 27.5 Å². The van der Waals surface area contributed by atoms with Gasteiger partial charge in [-0.05, 0) is 61.6 Å². The van der Waals surface area contributed by atoms with Gasteiger partial charge in [0.25, 0.3) is 0 Å². The second-order valence-corrected chi connectivity index (χ2v) is 7.40. The smallest absolute Gasteiger partial charge is 0.387 e. The van der Waals surface area contributed by atoms with Gasteiger partial charge in [0, 0.05) is 12.5 Å². The van der Waals surface area contributed by atoms with Crippen molar-refractivity contribution < 1.29 is 27.8 Å². The number of amides is 2. The van der Waals surface area contributed by atoms with Gasteiger partial charge in [0.1, 0.15) is 0 Å². The molecule has 0 saturated heterocycles. The second kappa shape index (κ2) is 11.8. The van der Waals surface area contributed by atoms with Gasteiger partial charge in [-0.2, -0.15) is 8.78 Å². The lowest BCUT2D eigenvalue weighted by atomic mass is 10.0. The summed E-state index contributed by atoms with van der Waals surface area (Å²) in [4.78, 5) is 24.8.